The number of nitrogens with zero attached hydrogens (tertiary/aromatic N) is 2. The fraction of sp³-hybridized carbons (Fsp3) is 0.385. The summed E-state index contributed by atoms with van der Waals surface area (Å²) in [6.45, 7) is 0. The first-order chi connectivity index (χ1) is 9.07. The minimum atomic E-state index is -2.94. The van der Waals surface area contributed by atoms with Crippen LogP contribution in [0, 0.1) is 0 Å². The van der Waals surface area contributed by atoms with Crippen molar-refractivity contribution in [1.29, 1.82) is 0 Å². The molecule has 6 heteroatoms. The molecule has 0 spiro atoms. The number of carbonyl (C=O) groups is 1. The fourth-order valence-electron chi connectivity index (χ4n) is 2.55. The summed E-state index contributed by atoms with van der Waals surface area (Å²) in [6.07, 6.45) is 5.86. The van der Waals surface area contributed by atoms with Crippen LogP contribution in [0.5, 0.6) is 0 Å². The number of carbonyl (C=O) groups excluding carboxylic acids is 1. The highest BCUT2D eigenvalue weighted by Crippen LogP contribution is 2.27. The molecule has 1 unspecified atom stereocenters. The van der Waals surface area contributed by atoms with Gasteiger partial charge in [-0.25, -0.2) is 13.4 Å². The summed E-state index contributed by atoms with van der Waals surface area (Å²) in [5.41, 5.74) is 2.11. The summed E-state index contributed by atoms with van der Waals surface area (Å²) >= 11 is 0. The molecule has 0 saturated carbocycles. The monoisotopic (exact) mass is 278 g/mol. The van der Waals surface area contributed by atoms with Gasteiger partial charge in [0.15, 0.2) is 16.1 Å². The molecule has 19 heavy (non-hydrogen) atoms. The van der Waals surface area contributed by atoms with Crippen LogP contribution < -0.4 is 0 Å². The van der Waals surface area contributed by atoms with Crippen LogP contribution in [0.15, 0.2) is 24.5 Å². The number of rotatable bonds is 2. The third kappa shape index (κ3) is 2.40. The fourth-order valence-corrected chi connectivity index (χ4v) is 4.27. The normalized spacial score (nSPS) is 22.4. The van der Waals surface area contributed by atoms with Gasteiger partial charge >= 0.3 is 0 Å². The number of aldehydes is 1. The van der Waals surface area contributed by atoms with Crippen molar-refractivity contribution in [2.45, 2.75) is 18.8 Å². The molecule has 0 aromatic carbocycles. The standard InChI is InChI=1S/C13H14N2O3S/c16-8-10-3-4-13-14-12(7-15(13)6-10)11-2-1-5-19(17,18)9-11/h3-4,6-8,11H,1-2,5,9H2. The Balaban J connectivity index is 1.99. The van der Waals surface area contributed by atoms with Crippen molar-refractivity contribution in [1.82, 2.24) is 9.38 Å². The Kier molecular flexibility index (Phi) is 2.89. The maximum absolute atomic E-state index is 11.7. The van der Waals surface area contributed by atoms with Crippen molar-refractivity contribution >= 4 is 21.8 Å². The van der Waals surface area contributed by atoms with E-state index in [1.165, 1.54) is 0 Å². The molecule has 1 aliphatic heterocycles. The third-order valence-corrected chi connectivity index (χ3v) is 5.33. The van der Waals surface area contributed by atoms with Gasteiger partial charge in [-0.05, 0) is 25.0 Å². The van der Waals surface area contributed by atoms with Gasteiger partial charge in [-0.3, -0.25) is 4.79 Å². The van der Waals surface area contributed by atoms with Gasteiger partial charge in [-0.2, -0.15) is 0 Å². The summed E-state index contributed by atoms with van der Waals surface area (Å²) in [6, 6.07) is 3.47. The van der Waals surface area contributed by atoms with E-state index in [4.69, 9.17) is 0 Å². The number of fused-ring (bicyclic) bond motifs is 1. The van der Waals surface area contributed by atoms with Crippen LogP contribution in [0.4, 0.5) is 0 Å². The molecule has 1 aliphatic rings. The van der Waals surface area contributed by atoms with E-state index in [9.17, 15) is 13.2 Å². The van der Waals surface area contributed by atoms with Crippen LogP contribution in [0.1, 0.15) is 34.8 Å². The highest BCUT2D eigenvalue weighted by atomic mass is 32.2. The molecule has 3 heterocycles. The number of aromatic nitrogens is 2. The van der Waals surface area contributed by atoms with E-state index in [0.29, 0.717) is 12.0 Å². The van der Waals surface area contributed by atoms with Gasteiger partial charge in [0.1, 0.15) is 5.65 Å². The number of hydrogen-bond donors (Lipinski definition) is 0. The van der Waals surface area contributed by atoms with Gasteiger partial charge in [-0.15, -0.1) is 0 Å². The largest absolute Gasteiger partial charge is 0.306 e. The van der Waals surface area contributed by atoms with Crippen LogP contribution in [0.2, 0.25) is 0 Å². The van der Waals surface area contributed by atoms with Gasteiger partial charge in [0.25, 0.3) is 0 Å². The number of sulfone groups is 1. The Morgan fingerprint density at radius 2 is 2.16 bits per heavy atom. The average molecular weight is 278 g/mol. The smallest absolute Gasteiger partial charge is 0.151 e. The number of hydrogen-bond acceptors (Lipinski definition) is 4. The number of imidazole rings is 1. The Morgan fingerprint density at radius 3 is 2.89 bits per heavy atom. The van der Waals surface area contributed by atoms with E-state index < -0.39 is 9.84 Å². The van der Waals surface area contributed by atoms with E-state index in [-0.39, 0.29) is 17.4 Å². The molecule has 1 fully saturated rings. The minimum Gasteiger partial charge on any atom is -0.306 e. The van der Waals surface area contributed by atoms with Gasteiger partial charge in [0.2, 0.25) is 0 Å². The molecule has 0 radical (unpaired) electrons. The van der Waals surface area contributed by atoms with Gasteiger partial charge in [-0.1, -0.05) is 0 Å². The van der Waals surface area contributed by atoms with Crippen molar-refractivity contribution in [2.75, 3.05) is 11.5 Å². The van der Waals surface area contributed by atoms with Crippen molar-refractivity contribution in [3.63, 3.8) is 0 Å². The van der Waals surface area contributed by atoms with E-state index >= 15 is 0 Å². The molecule has 3 rings (SSSR count). The van der Waals surface area contributed by atoms with Crippen molar-refractivity contribution in [3.8, 4) is 0 Å². The topological polar surface area (TPSA) is 68.5 Å². The molecular weight excluding hydrogens is 264 g/mol. The lowest BCUT2D eigenvalue weighted by atomic mass is 10.0. The molecule has 0 amide bonds. The predicted octanol–water partition coefficient (Wildman–Crippen LogP) is 1.44. The molecule has 0 bridgehead atoms. The lowest BCUT2D eigenvalue weighted by Crippen LogP contribution is -2.23. The first-order valence-corrected chi connectivity index (χ1v) is 8.04. The van der Waals surface area contributed by atoms with E-state index in [1.54, 1.807) is 22.7 Å². The average Bonchev–Trinajstić information content (AvgIpc) is 2.80. The zero-order valence-electron chi connectivity index (χ0n) is 10.3. The van der Waals surface area contributed by atoms with Crippen LogP contribution in [0.3, 0.4) is 0 Å². The second-order valence-electron chi connectivity index (χ2n) is 4.97. The third-order valence-electron chi connectivity index (χ3n) is 3.51. The molecule has 5 nitrogen and oxygen atoms in total. The van der Waals surface area contributed by atoms with Crippen molar-refractivity contribution < 1.29 is 13.2 Å². The maximum atomic E-state index is 11.7. The summed E-state index contributed by atoms with van der Waals surface area (Å²) in [4.78, 5) is 15.2. The highest BCUT2D eigenvalue weighted by Gasteiger charge is 2.27. The molecule has 100 valence electrons. The van der Waals surface area contributed by atoms with Crippen LogP contribution >= 0.6 is 0 Å². The van der Waals surface area contributed by atoms with Crippen LogP contribution in [0.25, 0.3) is 5.65 Å². The Hall–Kier alpha value is -1.69. The number of pyridine rings is 1. The summed E-state index contributed by atoms with van der Waals surface area (Å²) in [5.74, 6) is 0.433. The van der Waals surface area contributed by atoms with Gasteiger partial charge < -0.3 is 4.40 Å². The quantitative estimate of drug-likeness (QED) is 0.779. The van der Waals surface area contributed by atoms with Crippen molar-refractivity contribution in [3.05, 3.63) is 35.8 Å². The van der Waals surface area contributed by atoms with Crippen LogP contribution in [-0.4, -0.2) is 35.6 Å². The van der Waals surface area contributed by atoms with Crippen LogP contribution in [-0.2, 0) is 9.84 Å². The predicted molar refractivity (Wildman–Crippen MR) is 71.2 cm³/mol. The van der Waals surface area contributed by atoms with E-state index in [2.05, 4.69) is 4.98 Å². The van der Waals surface area contributed by atoms with E-state index in [0.717, 1.165) is 24.0 Å². The minimum absolute atomic E-state index is 0.0293. The maximum Gasteiger partial charge on any atom is 0.151 e. The lowest BCUT2D eigenvalue weighted by Gasteiger charge is -2.19. The Morgan fingerprint density at radius 1 is 1.32 bits per heavy atom. The molecule has 2 aromatic rings. The molecule has 0 aliphatic carbocycles. The lowest BCUT2D eigenvalue weighted by molar-refractivity contribution is 0.112. The Bertz CT molecular complexity index is 733. The zero-order valence-corrected chi connectivity index (χ0v) is 11.1. The first kappa shape index (κ1) is 12.3. The zero-order chi connectivity index (χ0) is 13.5. The summed E-state index contributed by atoms with van der Waals surface area (Å²) in [5, 5.41) is 0. The second kappa shape index (κ2) is 4.45. The van der Waals surface area contributed by atoms with Gasteiger partial charge in [0.05, 0.1) is 17.2 Å². The summed E-state index contributed by atoms with van der Waals surface area (Å²) < 4.78 is 25.1. The molecule has 0 N–H and O–H groups in total. The molecular formula is C13H14N2O3S. The first-order valence-electron chi connectivity index (χ1n) is 6.22. The second-order valence-corrected chi connectivity index (χ2v) is 7.19. The highest BCUT2D eigenvalue weighted by molar-refractivity contribution is 7.91. The molecule has 2 aromatic heterocycles. The summed E-state index contributed by atoms with van der Waals surface area (Å²) in [7, 11) is -2.94. The van der Waals surface area contributed by atoms with Crippen molar-refractivity contribution in [2.24, 2.45) is 0 Å². The molecule has 1 saturated heterocycles. The van der Waals surface area contributed by atoms with E-state index in [1.807, 2.05) is 6.20 Å². The van der Waals surface area contributed by atoms with Gasteiger partial charge in [0, 0.05) is 23.9 Å². The Labute approximate surface area is 111 Å². The molecule has 1 atom stereocenters. The SMILES string of the molecule is O=Cc1ccc2nc(C3CCCS(=O)(=O)C3)cn2c1.